The van der Waals surface area contributed by atoms with Crippen molar-refractivity contribution in [1.29, 1.82) is 0 Å². The Bertz CT molecular complexity index is 2440. The summed E-state index contributed by atoms with van der Waals surface area (Å²) in [5.74, 6) is 0. The third-order valence-corrected chi connectivity index (χ3v) is 8.71. The van der Waals surface area contributed by atoms with Crippen LogP contribution in [0.1, 0.15) is 0 Å². The van der Waals surface area contributed by atoms with Crippen LogP contribution in [0.2, 0.25) is 0 Å². The first-order valence-electron chi connectivity index (χ1n) is 14.5. The predicted octanol–water partition coefficient (Wildman–Crippen LogP) is 10.7. The Kier molecular flexibility index (Phi) is 4.93. The lowest BCUT2D eigenvalue weighted by Gasteiger charge is -2.12. The van der Waals surface area contributed by atoms with Crippen molar-refractivity contribution in [3.05, 3.63) is 158 Å². The monoisotopic (exact) mass is 534 g/mol. The van der Waals surface area contributed by atoms with Crippen LogP contribution in [0.3, 0.4) is 0 Å². The van der Waals surface area contributed by atoms with Gasteiger partial charge in [-0.25, -0.2) is 0 Å². The Morgan fingerprint density at radius 3 is 1.55 bits per heavy atom. The molecule has 42 heavy (non-hydrogen) atoms. The zero-order chi connectivity index (χ0) is 27.6. The molecule has 196 valence electrons. The van der Waals surface area contributed by atoms with Crippen molar-refractivity contribution in [2.75, 3.05) is 0 Å². The first kappa shape index (κ1) is 23.1. The van der Waals surface area contributed by atoms with Crippen molar-refractivity contribution in [3.63, 3.8) is 0 Å². The Labute approximate surface area is 243 Å². The number of para-hydroxylation sites is 2. The summed E-state index contributed by atoms with van der Waals surface area (Å²) in [5.41, 5.74) is 9.71. The maximum Gasteiger partial charge on any atom is 0.0549 e. The minimum absolute atomic E-state index is 1.16. The van der Waals surface area contributed by atoms with Gasteiger partial charge in [-0.2, -0.15) is 0 Å². The van der Waals surface area contributed by atoms with Crippen molar-refractivity contribution in [3.8, 4) is 22.5 Å². The molecule has 0 radical (unpaired) electrons. The van der Waals surface area contributed by atoms with E-state index in [0.29, 0.717) is 0 Å². The number of nitrogens with zero attached hydrogens (tertiary/aromatic N) is 2. The molecule has 7 aromatic carbocycles. The van der Waals surface area contributed by atoms with Crippen molar-refractivity contribution in [2.24, 2.45) is 0 Å². The molecule has 0 aliphatic carbocycles. The van der Waals surface area contributed by atoms with Crippen LogP contribution in [0.25, 0.3) is 76.9 Å². The van der Waals surface area contributed by atoms with Gasteiger partial charge in [0.15, 0.2) is 0 Å². The number of fused-ring (bicyclic) bond motifs is 8. The van der Waals surface area contributed by atoms with E-state index in [0.717, 1.165) is 5.69 Å². The lowest BCUT2D eigenvalue weighted by atomic mass is 10.1. The van der Waals surface area contributed by atoms with Crippen LogP contribution >= 0.6 is 0 Å². The Morgan fingerprint density at radius 1 is 0.310 bits per heavy atom. The number of rotatable bonds is 3. The summed E-state index contributed by atoms with van der Waals surface area (Å²) in [4.78, 5) is 0. The Hall–Kier alpha value is -5.60. The molecule has 2 nitrogen and oxygen atoms in total. The second kappa shape index (κ2) is 8.95. The van der Waals surface area contributed by atoms with Gasteiger partial charge in [0.1, 0.15) is 0 Å². The molecule has 0 saturated carbocycles. The van der Waals surface area contributed by atoms with Crippen molar-refractivity contribution in [1.82, 2.24) is 9.13 Å². The zero-order valence-corrected chi connectivity index (χ0v) is 22.9. The summed E-state index contributed by atoms with van der Waals surface area (Å²) in [6.07, 6.45) is 0. The van der Waals surface area contributed by atoms with E-state index >= 15 is 0 Å². The van der Waals surface area contributed by atoms with E-state index in [2.05, 4.69) is 167 Å². The molecule has 0 spiro atoms. The van der Waals surface area contributed by atoms with Gasteiger partial charge in [0.2, 0.25) is 0 Å². The van der Waals surface area contributed by atoms with Crippen LogP contribution in [-0.2, 0) is 0 Å². The normalized spacial score (nSPS) is 11.8. The fourth-order valence-corrected chi connectivity index (χ4v) is 6.89. The van der Waals surface area contributed by atoms with E-state index in [1.165, 1.54) is 71.2 Å². The van der Waals surface area contributed by atoms with Crippen LogP contribution in [0.5, 0.6) is 0 Å². The van der Waals surface area contributed by atoms with Crippen LogP contribution in [-0.4, -0.2) is 9.13 Å². The molecular weight excluding hydrogens is 508 g/mol. The van der Waals surface area contributed by atoms with Crippen LogP contribution in [0, 0.1) is 0 Å². The van der Waals surface area contributed by atoms with E-state index in [9.17, 15) is 0 Å². The van der Waals surface area contributed by atoms with Crippen molar-refractivity contribution in [2.45, 2.75) is 0 Å². The third-order valence-electron chi connectivity index (χ3n) is 8.71. The zero-order valence-electron chi connectivity index (χ0n) is 22.9. The SMILES string of the molecule is c1ccc(-c2ccc(-n3c4ccccc4c4c5c6ccccc6n(-c6cccc7ccccc67)c5ccc43)cc2)cc1. The van der Waals surface area contributed by atoms with Crippen LogP contribution in [0.15, 0.2) is 158 Å². The molecule has 2 aromatic heterocycles. The molecule has 2 heterocycles. The lowest BCUT2D eigenvalue weighted by molar-refractivity contribution is 1.18. The topological polar surface area (TPSA) is 9.86 Å². The third kappa shape index (κ3) is 3.27. The number of hydrogen-bond donors (Lipinski definition) is 0. The highest BCUT2D eigenvalue weighted by Crippen LogP contribution is 2.43. The summed E-state index contributed by atoms with van der Waals surface area (Å²) in [6.45, 7) is 0. The van der Waals surface area contributed by atoms with Gasteiger partial charge < -0.3 is 9.13 Å². The molecule has 0 aliphatic heterocycles. The largest absolute Gasteiger partial charge is 0.309 e. The maximum atomic E-state index is 2.45. The molecule has 0 saturated heterocycles. The minimum Gasteiger partial charge on any atom is -0.309 e. The smallest absolute Gasteiger partial charge is 0.0549 e. The Balaban J connectivity index is 1.38. The van der Waals surface area contributed by atoms with Crippen LogP contribution < -0.4 is 0 Å². The number of aromatic nitrogens is 2. The summed E-state index contributed by atoms with van der Waals surface area (Å²) >= 11 is 0. The quantitative estimate of drug-likeness (QED) is 0.213. The van der Waals surface area contributed by atoms with E-state index in [1.54, 1.807) is 0 Å². The van der Waals surface area contributed by atoms with E-state index in [1.807, 2.05) is 0 Å². The van der Waals surface area contributed by atoms with Gasteiger partial charge in [-0.3, -0.25) is 0 Å². The van der Waals surface area contributed by atoms with Gasteiger partial charge in [0.05, 0.1) is 27.8 Å². The first-order valence-corrected chi connectivity index (χ1v) is 14.5. The van der Waals surface area contributed by atoms with Gasteiger partial charge in [0, 0.05) is 32.6 Å². The second-order valence-corrected chi connectivity index (χ2v) is 11.0. The highest BCUT2D eigenvalue weighted by molar-refractivity contribution is 6.29. The van der Waals surface area contributed by atoms with E-state index in [-0.39, 0.29) is 0 Å². The Morgan fingerprint density at radius 2 is 0.833 bits per heavy atom. The van der Waals surface area contributed by atoms with Gasteiger partial charge >= 0.3 is 0 Å². The van der Waals surface area contributed by atoms with E-state index in [4.69, 9.17) is 0 Å². The molecule has 9 rings (SSSR count). The molecule has 0 N–H and O–H groups in total. The highest BCUT2D eigenvalue weighted by Gasteiger charge is 2.20. The lowest BCUT2D eigenvalue weighted by Crippen LogP contribution is -1.95. The van der Waals surface area contributed by atoms with Crippen LogP contribution in [0.4, 0.5) is 0 Å². The minimum atomic E-state index is 1.16. The number of hydrogen-bond acceptors (Lipinski definition) is 0. The van der Waals surface area contributed by atoms with Gasteiger partial charge in [-0.1, -0.05) is 115 Å². The molecule has 0 atom stereocenters. The summed E-state index contributed by atoms with van der Waals surface area (Å²) < 4.78 is 4.87. The molecule has 2 heteroatoms. The van der Waals surface area contributed by atoms with E-state index < -0.39 is 0 Å². The predicted molar refractivity (Wildman–Crippen MR) is 178 cm³/mol. The molecule has 0 aliphatic rings. The maximum absolute atomic E-state index is 2.45. The molecule has 0 bridgehead atoms. The molecule has 0 unspecified atom stereocenters. The molecule has 0 amide bonds. The molecule has 9 aromatic rings. The first-order chi connectivity index (χ1) is 20.9. The summed E-state index contributed by atoms with van der Waals surface area (Å²) in [5, 5.41) is 7.64. The average Bonchev–Trinajstić information content (AvgIpc) is 3.58. The fourth-order valence-electron chi connectivity index (χ4n) is 6.89. The second-order valence-electron chi connectivity index (χ2n) is 11.0. The molecule has 0 fully saturated rings. The highest BCUT2D eigenvalue weighted by atomic mass is 15.0. The van der Waals surface area contributed by atoms with Crippen molar-refractivity contribution < 1.29 is 0 Å². The molecular formula is C40H26N2. The van der Waals surface area contributed by atoms with Gasteiger partial charge in [-0.15, -0.1) is 0 Å². The summed E-state index contributed by atoms with van der Waals surface area (Å²) in [6, 6.07) is 57.1. The van der Waals surface area contributed by atoms with Crippen molar-refractivity contribution >= 4 is 54.4 Å². The average molecular weight is 535 g/mol. The van der Waals surface area contributed by atoms with Gasteiger partial charge in [0.25, 0.3) is 0 Å². The summed E-state index contributed by atoms with van der Waals surface area (Å²) in [7, 11) is 0. The van der Waals surface area contributed by atoms with Gasteiger partial charge in [-0.05, 0) is 59.0 Å². The fraction of sp³-hybridized carbons (Fsp3) is 0. The standard InChI is InChI=1S/C40H26N2/c1-2-11-27(12-3-1)28-21-23-30(24-22-28)41-35-18-8-6-16-32(35)39-37(41)25-26-38-40(39)33-17-7-9-19-36(33)42(38)34-20-10-14-29-13-4-5-15-31(29)34/h1-26H. The number of benzene rings is 7.